The first-order chi connectivity index (χ1) is 9.65. The predicted octanol–water partition coefficient (Wildman–Crippen LogP) is 1.81. The van der Waals surface area contributed by atoms with Crippen molar-refractivity contribution in [2.75, 3.05) is 25.5 Å². The highest BCUT2D eigenvalue weighted by atomic mass is 16.3. The molecule has 2 rings (SSSR count). The maximum atomic E-state index is 12.6. The molecular weight excluding hydrogens is 254 g/mol. The standard InChI is InChI=1S/C15H23N3O2/c1-11-9-12(10-14(16-2)17-11)15(20)18-7-3-5-13(18)6-4-8-19/h9-10,13,19H,3-8H2,1-2H3,(H,16,17). The number of carbonyl (C=O) groups is 1. The number of pyridine rings is 1. The van der Waals surface area contributed by atoms with Gasteiger partial charge in [0.2, 0.25) is 0 Å². The van der Waals surface area contributed by atoms with E-state index in [1.54, 1.807) is 13.1 Å². The Balaban J connectivity index is 2.15. The summed E-state index contributed by atoms with van der Waals surface area (Å²) in [6.45, 7) is 2.90. The molecule has 110 valence electrons. The van der Waals surface area contributed by atoms with Gasteiger partial charge in [-0.3, -0.25) is 4.79 Å². The highest BCUT2D eigenvalue weighted by molar-refractivity contribution is 5.95. The van der Waals surface area contributed by atoms with Gasteiger partial charge in [0, 0.05) is 37.5 Å². The SMILES string of the molecule is CNc1cc(C(=O)N2CCCC2CCCO)cc(C)n1. The number of amides is 1. The fourth-order valence-electron chi connectivity index (χ4n) is 2.82. The van der Waals surface area contributed by atoms with E-state index in [0.717, 1.165) is 43.7 Å². The number of nitrogens with one attached hydrogen (secondary N) is 1. The van der Waals surface area contributed by atoms with E-state index in [1.165, 1.54) is 0 Å². The Labute approximate surface area is 120 Å². The van der Waals surface area contributed by atoms with Crippen LogP contribution in [0.5, 0.6) is 0 Å². The van der Waals surface area contributed by atoms with Gasteiger partial charge in [0.1, 0.15) is 5.82 Å². The Morgan fingerprint density at radius 3 is 3.05 bits per heavy atom. The van der Waals surface area contributed by atoms with Gasteiger partial charge in [0.25, 0.3) is 5.91 Å². The van der Waals surface area contributed by atoms with Crippen LogP contribution in [0.2, 0.25) is 0 Å². The lowest BCUT2D eigenvalue weighted by molar-refractivity contribution is 0.0724. The number of hydrogen-bond donors (Lipinski definition) is 2. The molecule has 5 heteroatoms. The van der Waals surface area contributed by atoms with E-state index in [9.17, 15) is 4.79 Å². The van der Waals surface area contributed by atoms with Crippen molar-refractivity contribution >= 4 is 11.7 Å². The molecule has 0 radical (unpaired) electrons. The molecule has 1 aliphatic rings. The van der Waals surface area contributed by atoms with Crippen LogP contribution in [0.15, 0.2) is 12.1 Å². The molecule has 1 aliphatic heterocycles. The molecule has 1 aromatic rings. The quantitative estimate of drug-likeness (QED) is 0.861. The van der Waals surface area contributed by atoms with Crippen molar-refractivity contribution in [2.24, 2.45) is 0 Å². The van der Waals surface area contributed by atoms with E-state index in [0.29, 0.717) is 5.56 Å². The second-order valence-corrected chi connectivity index (χ2v) is 5.29. The smallest absolute Gasteiger partial charge is 0.254 e. The monoisotopic (exact) mass is 277 g/mol. The number of aliphatic hydroxyl groups excluding tert-OH is 1. The van der Waals surface area contributed by atoms with E-state index in [2.05, 4.69) is 10.3 Å². The predicted molar refractivity (Wildman–Crippen MR) is 78.9 cm³/mol. The average Bonchev–Trinajstić information content (AvgIpc) is 2.91. The molecule has 1 aromatic heterocycles. The minimum absolute atomic E-state index is 0.0763. The van der Waals surface area contributed by atoms with E-state index >= 15 is 0 Å². The topological polar surface area (TPSA) is 65.5 Å². The molecular formula is C15H23N3O2. The second kappa shape index (κ2) is 6.70. The number of aliphatic hydroxyl groups is 1. The van der Waals surface area contributed by atoms with Crippen molar-refractivity contribution in [2.45, 2.75) is 38.6 Å². The number of hydrogen-bond acceptors (Lipinski definition) is 4. The summed E-state index contributed by atoms with van der Waals surface area (Å²) in [4.78, 5) is 18.9. The van der Waals surface area contributed by atoms with Gasteiger partial charge in [-0.2, -0.15) is 0 Å². The summed E-state index contributed by atoms with van der Waals surface area (Å²) in [6.07, 6.45) is 3.72. The number of rotatable bonds is 5. The minimum atomic E-state index is 0.0763. The maximum absolute atomic E-state index is 12.6. The fourth-order valence-corrected chi connectivity index (χ4v) is 2.82. The van der Waals surface area contributed by atoms with E-state index in [1.807, 2.05) is 17.9 Å². The molecule has 1 saturated heterocycles. The third kappa shape index (κ3) is 3.28. The maximum Gasteiger partial charge on any atom is 0.254 e. The summed E-state index contributed by atoms with van der Waals surface area (Å²) in [5.41, 5.74) is 1.53. The first kappa shape index (κ1) is 14.8. The molecule has 1 fully saturated rings. The first-order valence-electron chi connectivity index (χ1n) is 7.24. The summed E-state index contributed by atoms with van der Waals surface area (Å²) in [5.74, 6) is 0.798. The molecule has 1 unspecified atom stereocenters. The first-order valence-corrected chi connectivity index (χ1v) is 7.24. The van der Waals surface area contributed by atoms with Gasteiger partial charge in [-0.25, -0.2) is 4.98 Å². The lowest BCUT2D eigenvalue weighted by Crippen LogP contribution is -2.35. The molecule has 0 bridgehead atoms. The Morgan fingerprint density at radius 2 is 2.35 bits per heavy atom. The lowest BCUT2D eigenvalue weighted by Gasteiger charge is -2.25. The lowest BCUT2D eigenvalue weighted by atomic mass is 10.1. The van der Waals surface area contributed by atoms with Crippen molar-refractivity contribution in [3.8, 4) is 0 Å². The number of carbonyl (C=O) groups excluding carboxylic acids is 1. The van der Waals surface area contributed by atoms with Crippen LogP contribution >= 0.6 is 0 Å². The Bertz CT molecular complexity index is 476. The zero-order chi connectivity index (χ0) is 14.5. The van der Waals surface area contributed by atoms with E-state index in [-0.39, 0.29) is 18.6 Å². The average molecular weight is 277 g/mol. The van der Waals surface area contributed by atoms with Gasteiger partial charge in [-0.05, 0) is 44.7 Å². The van der Waals surface area contributed by atoms with Crippen LogP contribution in [0.1, 0.15) is 41.7 Å². The Hall–Kier alpha value is -1.62. The molecule has 1 amide bonds. The highest BCUT2D eigenvalue weighted by Gasteiger charge is 2.29. The molecule has 2 heterocycles. The molecule has 0 aliphatic carbocycles. The van der Waals surface area contributed by atoms with Crippen molar-refractivity contribution in [3.63, 3.8) is 0 Å². The molecule has 0 saturated carbocycles. The van der Waals surface area contributed by atoms with Crippen LogP contribution in [-0.2, 0) is 0 Å². The third-order valence-electron chi connectivity index (χ3n) is 3.79. The molecule has 1 atom stereocenters. The van der Waals surface area contributed by atoms with Gasteiger partial charge in [-0.1, -0.05) is 0 Å². The second-order valence-electron chi connectivity index (χ2n) is 5.29. The van der Waals surface area contributed by atoms with Crippen molar-refractivity contribution < 1.29 is 9.90 Å². The number of aryl methyl sites for hydroxylation is 1. The van der Waals surface area contributed by atoms with Crippen molar-refractivity contribution in [1.82, 2.24) is 9.88 Å². The summed E-state index contributed by atoms with van der Waals surface area (Å²) in [7, 11) is 1.80. The normalized spacial score (nSPS) is 18.4. The molecule has 2 N–H and O–H groups in total. The molecule has 0 spiro atoms. The van der Waals surface area contributed by atoms with Crippen LogP contribution in [0.25, 0.3) is 0 Å². The molecule has 0 aromatic carbocycles. The zero-order valence-electron chi connectivity index (χ0n) is 12.2. The fraction of sp³-hybridized carbons (Fsp3) is 0.600. The minimum Gasteiger partial charge on any atom is -0.396 e. The van der Waals surface area contributed by atoms with Crippen LogP contribution < -0.4 is 5.32 Å². The summed E-state index contributed by atoms with van der Waals surface area (Å²) in [5, 5.41) is 11.9. The summed E-state index contributed by atoms with van der Waals surface area (Å²) >= 11 is 0. The van der Waals surface area contributed by atoms with Crippen LogP contribution in [0.3, 0.4) is 0 Å². The number of nitrogens with zero attached hydrogens (tertiary/aromatic N) is 2. The van der Waals surface area contributed by atoms with Crippen LogP contribution in [-0.4, -0.2) is 47.1 Å². The number of anilines is 1. The largest absolute Gasteiger partial charge is 0.396 e. The van der Waals surface area contributed by atoms with Gasteiger partial charge in [0.15, 0.2) is 0 Å². The van der Waals surface area contributed by atoms with Crippen LogP contribution in [0, 0.1) is 6.92 Å². The van der Waals surface area contributed by atoms with Gasteiger partial charge >= 0.3 is 0 Å². The van der Waals surface area contributed by atoms with E-state index in [4.69, 9.17) is 5.11 Å². The highest BCUT2D eigenvalue weighted by Crippen LogP contribution is 2.24. The molecule has 20 heavy (non-hydrogen) atoms. The number of aromatic nitrogens is 1. The van der Waals surface area contributed by atoms with Crippen LogP contribution in [0.4, 0.5) is 5.82 Å². The third-order valence-corrected chi connectivity index (χ3v) is 3.79. The Kier molecular flexibility index (Phi) is 4.95. The molecule has 5 nitrogen and oxygen atoms in total. The summed E-state index contributed by atoms with van der Waals surface area (Å²) < 4.78 is 0. The zero-order valence-corrected chi connectivity index (χ0v) is 12.2. The van der Waals surface area contributed by atoms with Crippen molar-refractivity contribution in [3.05, 3.63) is 23.4 Å². The summed E-state index contributed by atoms with van der Waals surface area (Å²) in [6, 6.07) is 3.91. The van der Waals surface area contributed by atoms with Crippen molar-refractivity contribution in [1.29, 1.82) is 0 Å². The van der Waals surface area contributed by atoms with Gasteiger partial charge < -0.3 is 15.3 Å². The Morgan fingerprint density at radius 1 is 1.55 bits per heavy atom. The van der Waals surface area contributed by atoms with E-state index < -0.39 is 0 Å². The number of likely N-dealkylation sites (tertiary alicyclic amines) is 1. The van der Waals surface area contributed by atoms with Gasteiger partial charge in [0.05, 0.1) is 0 Å². The van der Waals surface area contributed by atoms with Gasteiger partial charge in [-0.15, -0.1) is 0 Å².